The van der Waals surface area contributed by atoms with Gasteiger partial charge in [-0.25, -0.2) is 4.79 Å². The molecule has 0 radical (unpaired) electrons. The Kier molecular flexibility index (Phi) is 6.46. The van der Waals surface area contributed by atoms with Gasteiger partial charge in [0.2, 0.25) is 5.91 Å². The van der Waals surface area contributed by atoms with Crippen LogP contribution in [0.2, 0.25) is 0 Å². The maximum Gasteiger partial charge on any atom is 0.329 e. The number of nitrogens with two attached hydrogens (primary N) is 1. The molecule has 0 saturated heterocycles. The molecule has 5 heteroatoms. The van der Waals surface area contributed by atoms with Crippen LogP contribution in [0, 0.1) is 5.92 Å². The molecule has 116 valence electrons. The first-order chi connectivity index (χ1) is 9.45. The Labute approximate surface area is 121 Å². The maximum absolute atomic E-state index is 12.1. The van der Waals surface area contributed by atoms with Gasteiger partial charge in [-0.1, -0.05) is 33.1 Å². The zero-order valence-electron chi connectivity index (χ0n) is 12.7. The van der Waals surface area contributed by atoms with Crippen molar-refractivity contribution in [3.8, 4) is 0 Å². The summed E-state index contributed by atoms with van der Waals surface area (Å²) in [7, 11) is 0. The van der Waals surface area contributed by atoms with Gasteiger partial charge >= 0.3 is 5.97 Å². The molecular weight excluding hydrogens is 256 g/mol. The molecule has 1 saturated carbocycles. The van der Waals surface area contributed by atoms with Crippen molar-refractivity contribution < 1.29 is 14.7 Å². The van der Waals surface area contributed by atoms with Crippen LogP contribution in [0.4, 0.5) is 0 Å². The highest BCUT2D eigenvalue weighted by molar-refractivity contribution is 5.89. The van der Waals surface area contributed by atoms with Crippen molar-refractivity contribution in [1.82, 2.24) is 5.32 Å². The SMILES string of the molecule is CCCC[C@H](N)C(=O)NC1(C(=O)O)CCC(CC)CC1. The Morgan fingerprint density at radius 1 is 1.35 bits per heavy atom. The van der Waals surface area contributed by atoms with Crippen LogP contribution in [0.3, 0.4) is 0 Å². The highest BCUT2D eigenvalue weighted by atomic mass is 16.4. The summed E-state index contributed by atoms with van der Waals surface area (Å²) >= 11 is 0. The van der Waals surface area contributed by atoms with Crippen molar-refractivity contribution in [2.45, 2.75) is 76.8 Å². The normalized spacial score (nSPS) is 27.9. The molecule has 1 rings (SSSR count). The standard InChI is InChI=1S/C15H28N2O3/c1-3-5-6-12(16)13(18)17-15(14(19)20)9-7-11(4-2)8-10-15/h11-12H,3-10,16H2,1-2H3,(H,17,18)(H,19,20)/t11?,12-,15?/m0/s1. The summed E-state index contributed by atoms with van der Waals surface area (Å²) in [6, 6.07) is -0.602. The average Bonchev–Trinajstić information content (AvgIpc) is 2.45. The highest BCUT2D eigenvalue weighted by Gasteiger charge is 2.43. The molecule has 0 unspecified atom stereocenters. The van der Waals surface area contributed by atoms with Crippen LogP contribution in [0.25, 0.3) is 0 Å². The molecule has 20 heavy (non-hydrogen) atoms. The number of hydrogen-bond donors (Lipinski definition) is 3. The largest absolute Gasteiger partial charge is 0.480 e. The fourth-order valence-corrected chi connectivity index (χ4v) is 2.85. The Hall–Kier alpha value is -1.10. The number of rotatable bonds is 7. The van der Waals surface area contributed by atoms with E-state index in [0.29, 0.717) is 25.2 Å². The maximum atomic E-state index is 12.1. The van der Waals surface area contributed by atoms with Gasteiger partial charge in [-0.2, -0.15) is 0 Å². The Morgan fingerprint density at radius 3 is 2.40 bits per heavy atom. The molecule has 0 aromatic heterocycles. The Bertz CT molecular complexity index is 336. The van der Waals surface area contributed by atoms with Crippen LogP contribution >= 0.6 is 0 Å². The van der Waals surface area contributed by atoms with E-state index in [-0.39, 0.29) is 5.91 Å². The number of carboxylic acid groups (broad SMARTS) is 1. The second-order valence-electron chi connectivity index (χ2n) is 5.98. The molecule has 1 aliphatic rings. The highest BCUT2D eigenvalue weighted by Crippen LogP contribution is 2.34. The first-order valence-corrected chi connectivity index (χ1v) is 7.76. The predicted molar refractivity (Wildman–Crippen MR) is 78.3 cm³/mol. The van der Waals surface area contributed by atoms with Crippen LogP contribution < -0.4 is 11.1 Å². The van der Waals surface area contributed by atoms with Crippen molar-refractivity contribution in [3.05, 3.63) is 0 Å². The molecule has 0 aromatic carbocycles. The monoisotopic (exact) mass is 284 g/mol. The van der Waals surface area contributed by atoms with Gasteiger partial charge in [0.1, 0.15) is 5.54 Å². The number of carboxylic acids is 1. The fourth-order valence-electron chi connectivity index (χ4n) is 2.85. The zero-order chi connectivity index (χ0) is 15.2. The number of carbonyl (C=O) groups excluding carboxylic acids is 1. The minimum absolute atomic E-state index is 0.323. The van der Waals surface area contributed by atoms with E-state index in [9.17, 15) is 14.7 Å². The average molecular weight is 284 g/mol. The third-order valence-electron chi connectivity index (χ3n) is 4.51. The van der Waals surface area contributed by atoms with Crippen molar-refractivity contribution in [2.24, 2.45) is 11.7 Å². The molecule has 0 aliphatic heterocycles. The van der Waals surface area contributed by atoms with Gasteiger partial charge in [-0.3, -0.25) is 4.79 Å². The lowest BCUT2D eigenvalue weighted by molar-refractivity contribution is -0.150. The number of aliphatic carboxylic acids is 1. The van der Waals surface area contributed by atoms with Crippen LogP contribution in [-0.4, -0.2) is 28.6 Å². The lowest BCUT2D eigenvalue weighted by Gasteiger charge is -2.37. The lowest BCUT2D eigenvalue weighted by atomic mass is 9.75. The van der Waals surface area contributed by atoms with Crippen molar-refractivity contribution in [1.29, 1.82) is 0 Å². The summed E-state index contributed by atoms with van der Waals surface area (Å²) in [6.07, 6.45) is 6.26. The molecule has 1 amide bonds. The molecule has 0 heterocycles. The summed E-state index contributed by atoms with van der Waals surface area (Å²) in [5, 5.41) is 12.2. The second kappa shape index (κ2) is 7.62. The summed E-state index contributed by atoms with van der Waals surface area (Å²) in [4.78, 5) is 23.7. The van der Waals surface area contributed by atoms with E-state index in [2.05, 4.69) is 12.2 Å². The first kappa shape index (κ1) is 17.0. The summed E-state index contributed by atoms with van der Waals surface area (Å²) < 4.78 is 0. The van der Waals surface area contributed by atoms with Crippen LogP contribution in [0.5, 0.6) is 0 Å². The van der Waals surface area contributed by atoms with Crippen LogP contribution in [0.15, 0.2) is 0 Å². The van der Waals surface area contributed by atoms with E-state index < -0.39 is 17.6 Å². The summed E-state index contributed by atoms with van der Waals surface area (Å²) in [6.45, 7) is 4.16. The van der Waals surface area contributed by atoms with Crippen molar-refractivity contribution >= 4 is 11.9 Å². The predicted octanol–water partition coefficient (Wildman–Crippen LogP) is 2.04. The topological polar surface area (TPSA) is 92.4 Å². The van der Waals surface area contributed by atoms with Crippen molar-refractivity contribution in [2.75, 3.05) is 0 Å². The minimum atomic E-state index is -1.10. The number of nitrogens with one attached hydrogen (secondary N) is 1. The molecule has 0 bridgehead atoms. The zero-order valence-corrected chi connectivity index (χ0v) is 12.7. The fraction of sp³-hybridized carbons (Fsp3) is 0.867. The molecule has 4 N–H and O–H groups in total. The Balaban J connectivity index is 2.64. The van der Waals surface area contributed by atoms with E-state index in [1.807, 2.05) is 6.92 Å². The molecule has 1 atom stereocenters. The minimum Gasteiger partial charge on any atom is -0.480 e. The van der Waals surface area contributed by atoms with Crippen LogP contribution in [-0.2, 0) is 9.59 Å². The number of hydrogen-bond acceptors (Lipinski definition) is 3. The third-order valence-corrected chi connectivity index (χ3v) is 4.51. The van der Waals surface area contributed by atoms with Gasteiger partial charge in [0, 0.05) is 0 Å². The van der Waals surface area contributed by atoms with E-state index in [4.69, 9.17) is 5.73 Å². The molecule has 1 fully saturated rings. The number of carbonyl (C=O) groups is 2. The van der Waals surface area contributed by atoms with Gasteiger partial charge in [0.15, 0.2) is 0 Å². The number of amides is 1. The van der Waals surface area contributed by atoms with E-state index in [1.54, 1.807) is 0 Å². The molecule has 0 aromatic rings. The molecule has 1 aliphatic carbocycles. The van der Waals surface area contributed by atoms with Crippen LogP contribution in [0.1, 0.15) is 65.2 Å². The van der Waals surface area contributed by atoms with Gasteiger partial charge < -0.3 is 16.2 Å². The molecule has 5 nitrogen and oxygen atoms in total. The lowest BCUT2D eigenvalue weighted by Crippen LogP contribution is -2.59. The quantitative estimate of drug-likeness (QED) is 0.667. The van der Waals surface area contributed by atoms with Crippen molar-refractivity contribution in [3.63, 3.8) is 0 Å². The Morgan fingerprint density at radius 2 is 1.95 bits per heavy atom. The smallest absolute Gasteiger partial charge is 0.329 e. The summed E-state index contributed by atoms with van der Waals surface area (Å²) in [5.41, 5.74) is 4.72. The van der Waals surface area contributed by atoms with Gasteiger partial charge in [0.05, 0.1) is 6.04 Å². The summed E-state index contributed by atoms with van der Waals surface area (Å²) in [5.74, 6) is -0.674. The van der Waals surface area contributed by atoms with E-state index in [0.717, 1.165) is 32.1 Å². The third kappa shape index (κ3) is 4.20. The van der Waals surface area contributed by atoms with Gasteiger partial charge in [0.25, 0.3) is 0 Å². The van der Waals surface area contributed by atoms with E-state index in [1.165, 1.54) is 0 Å². The number of unbranched alkanes of at least 4 members (excludes halogenated alkanes) is 1. The second-order valence-corrected chi connectivity index (χ2v) is 5.98. The van der Waals surface area contributed by atoms with Gasteiger partial charge in [-0.15, -0.1) is 0 Å². The first-order valence-electron chi connectivity index (χ1n) is 7.76. The van der Waals surface area contributed by atoms with E-state index >= 15 is 0 Å². The van der Waals surface area contributed by atoms with Gasteiger partial charge in [-0.05, 0) is 38.0 Å². The molecular formula is C15H28N2O3. The molecule has 0 spiro atoms.